The second-order valence-electron chi connectivity index (χ2n) is 6.54. The van der Waals surface area contributed by atoms with Crippen molar-refractivity contribution in [3.8, 4) is 0 Å². The van der Waals surface area contributed by atoms with Gasteiger partial charge in [0.1, 0.15) is 0 Å². The van der Waals surface area contributed by atoms with Gasteiger partial charge in [0, 0.05) is 19.6 Å². The maximum Gasteiger partial charge on any atom is 0.416 e. The van der Waals surface area contributed by atoms with Crippen molar-refractivity contribution in [1.29, 1.82) is 0 Å². The van der Waals surface area contributed by atoms with E-state index in [0.29, 0.717) is 26.1 Å². The van der Waals surface area contributed by atoms with Crippen molar-refractivity contribution in [2.75, 3.05) is 19.6 Å². The topological polar surface area (TPSA) is 49.4 Å². The molecular formula is C17H19F3N2O2. The summed E-state index contributed by atoms with van der Waals surface area (Å²) in [4.78, 5) is 26.1. The monoisotopic (exact) mass is 340 g/mol. The summed E-state index contributed by atoms with van der Waals surface area (Å²) < 4.78 is 39.1. The third-order valence-corrected chi connectivity index (χ3v) is 4.97. The zero-order valence-corrected chi connectivity index (χ0v) is 13.2. The summed E-state index contributed by atoms with van der Waals surface area (Å²) in [6, 6.07) is 5.13. The molecule has 3 rings (SSSR count). The first-order valence-electron chi connectivity index (χ1n) is 8.03. The van der Waals surface area contributed by atoms with Crippen molar-refractivity contribution in [2.45, 2.75) is 31.9 Å². The van der Waals surface area contributed by atoms with Crippen LogP contribution in [-0.2, 0) is 22.2 Å². The van der Waals surface area contributed by atoms with Crippen LogP contribution in [0.3, 0.4) is 0 Å². The second-order valence-corrected chi connectivity index (χ2v) is 6.54. The van der Waals surface area contributed by atoms with Crippen LogP contribution in [0.15, 0.2) is 24.3 Å². The smallest absolute Gasteiger partial charge is 0.356 e. The Labute approximate surface area is 138 Å². The molecule has 2 fully saturated rings. The van der Waals surface area contributed by atoms with Crippen LogP contribution >= 0.6 is 0 Å². The molecule has 1 aromatic carbocycles. The highest BCUT2D eigenvalue weighted by Crippen LogP contribution is 2.38. The number of amides is 2. The Morgan fingerprint density at radius 3 is 2.71 bits per heavy atom. The van der Waals surface area contributed by atoms with Crippen LogP contribution in [0, 0.1) is 5.41 Å². The lowest BCUT2D eigenvalue weighted by molar-refractivity contribution is -0.138. The Morgan fingerprint density at radius 2 is 2.00 bits per heavy atom. The molecule has 2 aliphatic heterocycles. The molecule has 0 aliphatic carbocycles. The van der Waals surface area contributed by atoms with Gasteiger partial charge in [-0.3, -0.25) is 9.59 Å². The fraction of sp³-hybridized carbons (Fsp3) is 0.529. The molecule has 4 nitrogen and oxygen atoms in total. The molecule has 24 heavy (non-hydrogen) atoms. The molecule has 2 amide bonds. The minimum atomic E-state index is -4.48. The average molecular weight is 340 g/mol. The van der Waals surface area contributed by atoms with E-state index < -0.39 is 17.2 Å². The summed E-state index contributed by atoms with van der Waals surface area (Å²) in [5, 5.41) is 2.83. The standard InChI is InChI=1S/C17H19F3N2O2/c18-17(19,20)13-5-2-1-4-12(13)10-14(23)22-9-7-16(11-22)6-3-8-21-15(16)24/h1-2,4-5H,3,6-11H2,(H,21,24)/t16-/m1/s1. The second kappa shape index (κ2) is 6.11. The molecule has 2 saturated heterocycles. The molecule has 0 bridgehead atoms. The number of likely N-dealkylation sites (tertiary alicyclic amines) is 1. The van der Waals surface area contributed by atoms with Crippen LogP contribution < -0.4 is 5.32 Å². The Balaban J connectivity index is 1.72. The summed E-state index contributed by atoms with van der Waals surface area (Å²) in [6.45, 7) is 1.36. The number of nitrogens with zero attached hydrogens (tertiary/aromatic N) is 1. The lowest BCUT2D eigenvalue weighted by Crippen LogP contribution is -2.48. The molecular weight excluding hydrogens is 321 g/mol. The van der Waals surface area contributed by atoms with Gasteiger partial charge in [0.15, 0.2) is 0 Å². The highest BCUT2D eigenvalue weighted by Gasteiger charge is 2.47. The fourth-order valence-corrected chi connectivity index (χ4v) is 3.63. The number of alkyl halides is 3. The van der Waals surface area contributed by atoms with Crippen LogP contribution in [0.2, 0.25) is 0 Å². The van der Waals surface area contributed by atoms with Crippen LogP contribution in [0.1, 0.15) is 30.4 Å². The van der Waals surface area contributed by atoms with Crippen LogP contribution in [0.5, 0.6) is 0 Å². The van der Waals surface area contributed by atoms with Crippen molar-refractivity contribution in [2.24, 2.45) is 5.41 Å². The molecule has 1 N–H and O–H groups in total. The van der Waals surface area contributed by atoms with Gasteiger partial charge >= 0.3 is 6.18 Å². The van der Waals surface area contributed by atoms with E-state index in [1.54, 1.807) is 0 Å². The van der Waals surface area contributed by atoms with E-state index in [2.05, 4.69) is 5.32 Å². The molecule has 2 aliphatic rings. The summed E-state index contributed by atoms with van der Waals surface area (Å²) in [5.41, 5.74) is -1.36. The van der Waals surface area contributed by atoms with E-state index in [-0.39, 0.29) is 23.8 Å². The van der Waals surface area contributed by atoms with Gasteiger partial charge in [-0.05, 0) is 30.9 Å². The predicted octanol–water partition coefficient (Wildman–Crippen LogP) is 2.38. The molecule has 130 valence electrons. The quantitative estimate of drug-likeness (QED) is 0.899. The van der Waals surface area contributed by atoms with E-state index >= 15 is 0 Å². The minimum Gasteiger partial charge on any atom is -0.356 e. The number of piperidine rings is 1. The van der Waals surface area contributed by atoms with Gasteiger partial charge in [0.2, 0.25) is 11.8 Å². The number of benzene rings is 1. The normalized spacial score (nSPS) is 24.3. The number of hydrogen-bond donors (Lipinski definition) is 1. The fourth-order valence-electron chi connectivity index (χ4n) is 3.63. The molecule has 7 heteroatoms. The largest absolute Gasteiger partial charge is 0.416 e. The lowest BCUT2D eigenvalue weighted by atomic mass is 9.79. The van der Waals surface area contributed by atoms with Gasteiger partial charge in [0.25, 0.3) is 0 Å². The molecule has 2 heterocycles. The van der Waals surface area contributed by atoms with Crippen LogP contribution in [0.25, 0.3) is 0 Å². The van der Waals surface area contributed by atoms with Gasteiger partial charge in [-0.1, -0.05) is 18.2 Å². The summed E-state index contributed by atoms with van der Waals surface area (Å²) >= 11 is 0. The van der Waals surface area contributed by atoms with Crippen LogP contribution in [0.4, 0.5) is 13.2 Å². The third-order valence-electron chi connectivity index (χ3n) is 4.97. The van der Waals surface area contributed by atoms with E-state index in [1.165, 1.54) is 23.1 Å². The molecule has 0 aromatic heterocycles. The molecule has 0 unspecified atom stereocenters. The van der Waals surface area contributed by atoms with E-state index in [1.807, 2.05) is 0 Å². The highest BCUT2D eigenvalue weighted by molar-refractivity contribution is 5.86. The number of carbonyl (C=O) groups is 2. The maximum absolute atomic E-state index is 13.0. The number of nitrogens with one attached hydrogen (secondary N) is 1. The lowest BCUT2D eigenvalue weighted by Gasteiger charge is -2.32. The summed E-state index contributed by atoms with van der Waals surface area (Å²) in [7, 11) is 0. The number of halogens is 3. The molecule has 0 radical (unpaired) electrons. The van der Waals surface area contributed by atoms with Gasteiger partial charge in [-0.15, -0.1) is 0 Å². The molecule has 1 spiro atoms. The van der Waals surface area contributed by atoms with E-state index in [9.17, 15) is 22.8 Å². The zero-order valence-electron chi connectivity index (χ0n) is 13.2. The summed E-state index contributed by atoms with van der Waals surface area (Å²) in [5.74, 6) is -0.401. The predicted molar refractivity (Wildman–Crippen MR) is 81.0 cm³/mol. The average Bonchev–Trinajstić information content (AvgIpc) is 2.95. The van der Waals surface area contributed by atoms with Crippen LogP contribution in [-0.4, -0.2) is 36.3 Å². The highest BCUT2D eigenvalue weighted by atomic mass is 19.4. The van der Waals surface area contributed by atoms with Gasteiger partial charge in [0.05, 0.1) is 17.4 Å². The first-order chi connectivity index (χ1) is 11.3. The Bertz CT molecular complexity index is 659. The first-order valence-corrected chi connectivity index (χ1v) is 8.03. The Kier molecular flexibility index (Phi) is 4.27. The molecule has 1 atom stereocenters. The SMILES string of the molecule is O=C(Cc1ccccc1C(F)(F)F)N1CC[C@]2(CCCNC2=O)C1. The Hall–Kier alpha value is -2.05. The number of hydrogen-bond acceptors (Lipinski definition) is 2. The van der Waals surface area contributed by atoms with Crippen molar-refractivity contribution < 1.29 is 22.8 Å². The maximum atomic E-state index is 13.0. The number of carbonyl (C=O) groups excluding carboxylic acids is 2. The van der Waals surface area contributed by atoms with Crippen molar-refractivity contribution in [1.82, 2.24) is 10.2 Å². The Morgan fingerprint density at radius 1 is 1.25 bits per heavy atom. The third kappa shape index (κ3) is 3.12. The van der Waals surface area contributed by atoms with Crippen molar-refractivity contribution in [3.63, 3.8) is 0 Å². The minimum absolute atomic E-state index is 0.0240. The molecule has 0 saturated carbocycles. The molecule has 1 aromatic rings. The van der Waals surface area contributed by atoms with E-state index in [0.717, 1.165) is 18.9 Å². The van der Waals surface area contributed by atoms with Crippen molar-refractivity contribution >= 4 is 11.8 Å². The number of rotatable bonds is 2. The zero-order chi connectivity index (χ0) is 17.4. The van der Waals surface area contributed by atoms with Gasteiger partial charge in [-0.25, -0.2) is 0 Å². The van der Waals surface area contributed by atoms with Gasteiger partial charge < -0.3 is 10.2 Å². The summed E-state index contributed by atoms with van der Waals surface area (Å²) in [6.07, 6.45) is -2.61. The van der Waals surface area contributed by atoms with Gasteiger partial charge in [-0.2, -0.15) is 13.2 Å². The van der Waals surface area contributed by atoms with Crippen molar-refractivity contribution in [3.05, 3.63) is 35.4 Å². The van der Waals surface area contributed by atoms with E-state index in [4.69, 9.17) is 0 Å². The first kappa shape index (κ1) is 16.8.